The first-order valence-corrected chi connectivity index (χ1v) is 13.0. The van der Waals surface area contributed by atoms with Gasteiger partial charge in [0.15, 0.2) is 6.10 Å². The van der Waals surface area contributed by atoms with E-state index in [1.54, 1.807) is 29.3 Å². The molecule has 0 aliphatic carbocycles. The smallest absolute Gasteiger partial charge is 0.387 e. The number of hydrogen-bond acceptors (Lipinski definition) is 5. The molecule has 39 heavy (non-hydrogen) atoms. The lowest BCUT2D eigenvalue weighted by Crippen LogP contribution is -2.41. The number of nitrogens with zero attached hydrogens (tertiary/aromatic N) is 4. The first-order valence-electron chi connectivity index (χ1n) is 12.3. The van der Waals surface area contributed by atoms with Gasteiger partial charge in [-0.1, -0.05) is 34.4 Å². The zero-order valence-electron chi connectivity index (χ0n) is 20.5. The van der Waals surface area contributed by atoms with Crippen molar-refractivity contribution in [1.82, 2.24) is 14.5 Å². The average Bonchev–Trinajstić information content (AvgIpc) is 3.39. The first-order chi connectivity index (χ1) is 18.6. The molecule has 1 aromatic carbocycles. The summed E-state index contributed by atoms with van der Waals surface area (Å²) < 4.78 is 39.9. The molecular formula is C27H23Cl2F3N4O3. The van der Waals surface area contributed by atoms with Crippen molar-refractivity contribution in [2.24, 2.45) is 5.16 Å². The predicted octanol–water partition coefficient (Wildman–Crippen LogP) is 5.84. The van der Waals surface area contributed by atoms with E-state index in [-0.39, 0.29) is 5.92 Å². The fourth-order valence-electron chi connectivity index (χ4n) is 4.95. The van der Waals surface area contributed by atoms with E-state index < -0.39 is 35.9 Å². The van der Waals surface area contributed by atoms with Crippen LogP contribution in [-0.4, -0.2) is 39.2 Å². The highest BCUT2D eigenvalue weighted by molar-refractivity contribution is 6.36. The molecule has 3 aromatic rings. The molecule has 1 saturated heterocycles. The number of pyridine rings is 2. The number of hydrogen-bond donors (Lipinski definition) is 0. The van der Waals surface area contributed by atoms with Crippen LogP contribution in [0, 0.1) is 0 Å². The molecule has 0 spiro atoms. The summed E-state index contributed by atoms with van der Waals surface area (Å²) in [5.74, 6) is -0.240. The third-order valence-electron chi connectivity index (χ3n) is 7.02. The number of halogens is 5. The Kier molecular flexibility index (Phi) is 7.68. The van der Waals surface area contributed by atoms with Gasteiger partial charge in [-0.2, -0.15) is 13.2 Å². The van der Waals surface area contributed by atoms with Gasteiger partial charge in [-0.25, -0.2) is 0 Å². The van der Waals surface area contributed by atoms with Gasteiger partial charge in [0.25, 0.3) is 5.56 Å². The summed E-state index contributed by atoms with van der Waals surface area (Å²) in [6.45, 7) is 0.404. The Morgan fingerprint density at radius 2 is 1.79 bits per heavy atom. The molecule has 204 valence electrons. The van der Waals surface area contributed by atoms with Gasteiger partial charge in [0.1, 0.15) is 17.8 Å². The molecule has 1 unspecified atom stereocenters. The summed E-state index contributed by atoms with van der Waals surface area (Å²) in [6.07, 6.45) is -0.502. The number of benzene rings is 1. The second-order valence-electron chi connectivity index (χ2n) is 9.45. The summed E-state index contributed by atoms with van der Waals surface area (Å²) in [5, 5.41) is 5.23. The Hall–Kier alpha value is -3.37. The molecular weight excluding hydrogens is 556 g/mol. The van der Waals surface area contributed by atoms with Crippen molar-refractivity contribution in [3.05, 3.63) is 97.6 Å². The van der Waals surface area contributed by atoms with Gasteiger partial charge in [0, 0.05) is 47.5 Å². The third-order valence-corrected chi connectivity index (χ3v) is 7.68. The molecule has 1 fully saturated rings. The van der Waals surface area contributed by atoms with Gasteiger partial charge in [0.05, 0.1) is 5.69 Å². The molecule has 1 amide bonds. The van der Waals surface area contributed by atoms with E-state index in [9.17, 15) is 22.8 Å². The van der Waals surface area contributed by atoms with Crippen molar-refractivity contribution in [3.63, 3.8) is 0 Å². The number of carbonyl (C=O) groups is 1. The molecule has 0 saturated carbocycles. The third kappa shape index (κ3) is 5.81. The van der Waals surface area contributed by atoms with Crippen LogP contribution in [0.25, 0.3) is 0 Å². The predicted molar refractivity (Wildman–Crippen MR) is 140 cm³/mol. The summed E-state index contributed by atoms with van der Waals surface area (Å²) in [7, 11) is 0. The molecule has 0 radical (unpaired) electrons. The highest BCUT2D eigenvalue weighted by Gasteiger charge is 2.35. The molecule has 7 nitrogen and oxygen atoms in total. The molecule has 4 heterocycles. The van der Waals surface area contributed by atoms with Crippen molar-refractivity contribution >= 4 is 34.8 Å². The van der Waals surface area contributed by atoms with Crippen LogP contribution in [0.2, 0.25) is 10.0 Å². The maximum Gasteiger partial charge on any atom is 0.421 e. The topological polar surface area (TPSA) is 76.8 Å². The number of piperidine rings is 1. The van der Waals surface area contributed by atoms with E-state index in [2.05, 4.69) is 10.1 Å². The molecule has 5 rings (SSSR count). The first kappa shape index (κ1) is 27.2. The highest BCUT2D eigenvalue weighted by Crippen LogP contribution is 2.38. The minimum atomic E-state index is -4.77. The second kappa shape index (κ2) is 11.0. The molecule has 0 N–H and O–H groups in total. The molecule has 2 aliphatic rings. The average molecular weight is 579 g/mol. The number of oxime groups is 1. The van der Waals surface area contributed by atoms with Gasteiger partial charge in [-0.3, -0.25) is 14.6 Å². The van der Waals surface area contributed by atoms with Crippen molar-refractivity contribution in [2.45, 2.75) is 44.0 Å². The van der Waals surface area contributed by atoms with Crippen LogP contribution in [-0.2, 0) is 22.4 Å². The number of aromatic nitrogens is 2. The van der Waals surface area contributed by atoms with Gasteiger partial charge in [0.2, 0.25) is 5.91 Å². The molecule has 0 bridgehead atoms. The van der Waals surface area contributed by atoms with Gasteiger partial charge < -0.3 is 14.3 Å². The SMILES string of the molecule is O=C(Cn1cccc(C(F)(F)F)c1=O)N1CCC(c2ccnc(C3=NOC(c4c(Cl)cccc4Cl)C3)c2)CC1. The maximum atomic E-state index is 13.0. The van der Waals surface area contributed by atoms with Crippen LogP contribution in [0.3, 0.4) is 0 Å². The van der Waals surface area contributed by atoms with E-state index >= 15 is 0 Å². The van der Waals surface area contributed by atoms with E-state index in [1.165, 1.54) is 6.20 Å². The second-order valence-corrected chi connectivity index (χ2v) is 10.3. The number of rotatable bonds is 5. The fraction of sp³-hybridized carbons (Fsp3) is 0.333. The largest absolute Gasteiger partial charge is 0.421 e. The summed E-state index contributed by atoms with van der Waals surface area (Å²) >= 11 is 12.6. The number of likely N-dealkylation sites (tertiary alicyclic amines) is 1. The monoisotopic (exact) mass is 578 g/mol. The lowest BCUT2D eigenvalue weighted by atomic mass is 9.89. The Morgan fingerprint density at radius 3 is 2.49 bits per heavy atom. The van der Waals surface area contributed by atoms with Crippen LogP contribution in [0.4, 0.5) is 13.2 Å². The van der Waals surface area contributed by atoms with Crippen LogP contribution < -0.4 is 5.56 Å². The molecule has 1 atom stereocenters. The van der Waals surface area contributed by atoms with Crippen LogP contribution >= 0.6 is 23.2 Å². The normalized spacial score (nSPS) is 18.1. The Bertz CT molecular complexity index is 1460. The molecule has 2 aromatic heterocycles. The fourth-order valence-corrected chi connectivity index (χ4v) is 5.59. The molecule has 12 heteroatoms. The van der Waals surface area contributed by atoms with E-state index in [0.717, 1.165) is 16.2 Å². The number of carbonyl (C=O) groups excluding carboxylic acids is 1. The zero-order chi connectivity index (χ0) is 27.7. The van der Waals surface area contributed by atoms with E-state index in [1.807, 2.05) is 12.1 Å². The lowest BCUT2D eigenvalue weighted by molar-refractivity contribution is -0.139. The summed E-state index contributed by atoms with van der Waals surface area (Å²) in [5.41, 5.74) is 0.569. The van der Waals surface area contributed by atoms with E-state index in [0.29, 0.717) is 65.4 Å². The van der Waals surface area contributed by atoms with Gasteiger partial charge >= 0.3 is 6.18 Å². The van der Waals surface area contributed by atoms with Crippen molar-refractivity contribution in [3.8, 4) is 0 Å². The van der Waals surface area contributed by atoms with Crippen LogP contribution in [0.5, 0.6) is 0 Å². The van der Waals surface area contributed by atoms with Gasteiger partial charge in [-0.15, -0.1) is 0 Å². The van der Waals surface area contributed by atoms with Crippen molar-refractivity contribution < 1.29 is 22.8 Å². The lowest BCUT2D eigenvalue weighted by Gasteiger charge is -2.32. The van der Waals surface area contributed by atoms with Crippen molar-refractivity contribution in [1.29, 1.82) is 0 Å². The highest BCUT2D eigenvalue weighted by atomic mass is 35.5. The van der Waals surface area contributed by atoms with Crippen LogP contribution in [0.15, 0.2) is 64.8 Å². The standard InChI is InChI=1S/C27H23Cl2F3N4O3/c28-19-4-1-5-20(29)25(19)23-14-22(34-39-23)21-13-17(6-9-33-21)16-7-11-35(12-8-16)24(37)15-36-10-2-3-18(26(36)38)27(30,31)32/h1-6,9-10,13,16,23H,7-8,11-12,14-15H2. The minimum absolute atomic E-state index is 0.156. The maximum absolute atomic E-state index is 13.0. The summed E-state index contributed by atoms with van der Waals surface area (Å²) in [6, 6.07) is 11.0. The molecule has 2 aliphatic heterocycles. The number of alkyl halides is 3. The Balaban J connectivity index is 1.21. The number of amides is 1. The summed E-state index contributed by atoms with van der Waals surface area (Å²) in [4.78, 5) is 36.6. The van der Waals surface area contributed by atoms with Crippen molar-refractivity contribution in [2.75, 3.05) is 13.1 Å². The van der Waals surface area contributed by atoms with Crippen LogP contribution in [0.1, 0.15) is 53.7 Å². The zero-order valence-corrected chi connectivity index (χ0v) is 22.0. The minimum Gasteiger partial charge on any atom is -0.387 e. The quantitative estimate of drug-likeness (QED) is 0.381. The van der Waals surface area contributed by atoms with E-state index in [4.69, 9.17) is 28.0 Å². The Labute approximate surface area is 231 Å². The Morgan fingerprint density at radius 1 is 1.08 bits per heavy atom. The van der Waals surface area contributed by atoms with Gasteiger partial charge in [-0.05, 0) is 60.7 Å².